The molecule has 0 saturated carbocycles. The molecule has 0 aliphatic carbocycles. The van der Waals surface area contributed by atoms with E-state index in [2.05, 4.69) is 0 Å². The Morgan fingerprint density at radius 1 is 1.52 bits per heavy atom. The zero-order valence-electron chi connectivity index (χ0n) is 11.6. The van der Waals surface area contributed by atoms with Gasteiger partial charge in [0, 0.05) is 23.7 Å². The van der Waals surface area contributed by atoms with Gasteiger partial charge >= 0.3 is 5.92 Å². The molecule has 7 heteroatoms. The lowest BCUT2D eigenvalue weighted by Crippen LogP contribution is -2.42. The summed E-state index contributed by atoms with van der Waals surface area (Å²) in [5.74, 6) is -4.75. The van der Waals surface area contributed by atoms with Gasteiger partial charge in [-0.1, -0.05) is 30.7 Å². The van der Waals surface area contributed by atoms with E-state index >= 15 is 0 Å². The van der Waals surface area contributed by atoms with Crippen molar-refractivity contribution in [1.82, 2.24) is 4.90 Å². The molecular formula is C14H18Cl2F2N2O. The zero-order chi connectivity index (χ0) is 15.0. The lowest BCUT2D eigenvalue weighted by molar-refractivity contribution is -0.158. The number of carbonyl (C=O) groups excluding carboxylic acids is 1. The molecule has 1 unspecified atom stereocenters. The van der Waals surface area contributed by atoms with Gasteiger partial charge in [-0.05, 0) is 30.5 Å². The summed E-state index contributed by atoms with van der Waals surface area (Å²) in [6.07, 6.45) is 0.640. The van der Waals surface area contributed by atoms with Crippen LogP contribution >= 0.6 is 24.0 Å². The van der Waals surface area contributed by atoms with E-state index in [0.717, 1.165) is 6.07 Å². The molecule has 3 nitrogen and oxygen atoms in total. The van der Waals surface area contributed by atoms with E-state index < -0.39 is 11.8 Å². The third kappa shape index (κ3) is 3.65. The highest BCUT2D eigenvalue weighted by molar-refractivity contribution is 6.30. The molecule has 1 atom stereocenters. The van der Waals surface area contributed by atoms with Crippen molar-refractivity contribution < 1.29 is 13.6 Å². The molecule has 1 heterocycles. The summed E-state index contributed by atoms with van der Waals surface area (Å²) >= 11 is 5.71. The predicted octanol–water partition coefficient (Wildman–Crippen LogP) is 3.05. The molecule has 1 aromatic carbocycles. The summed E-state index contributed by atoms with van der Waals surface area (Å²) in [6.45, 7) is 2.85. The molecule has 1 aliphatic heterocycles. The second-order valence-electron chi connectivity index (χ2n) is 5.58. The Morgan fingerprint density at radius 3 is 2.71 bits per heavy atom. The number of benzene rings is 1. The number of rotatable bonds is 3. The van der Waals surface area contributed by atoms with Gasteiger partial charge in [-0.3, -0.25) is 4.79 Å². The van der Waals surface area contributed by atoms with Gasteiger partial charge in [0.05, 0.1) is 0 Å². The van der Waals surface area contributed by atoms with Crippen molar-refractivity contribution in [3.05, 3.63) is 34.9 Å². The number of hydrogen-bond donors (Lipinski definition) is 1. The van der Waals surface area contributed by atoms with Crippen LogP contribution in [0.2, 0.25) is 5.02 Å². The van der Waals surface area contributed by atoms with Crippen molar-refractivity contribution in [3.63, 3.8) is 0 Å². The van der Waals surface area contributed by atoms with Crippen LogP contribution < -0.4 is 5.73 Å². The molecule has 0 spiro atoms. The molecular weight excluding hydrogens is 321 g/mol. The van der Waals surface area contributed by atoms with Gasteiger partial charge in [-0.25, -0.2) is 0 Å². The van der Waals surface area contributed by atoms with Gasteiger partial charge in [0.15, 0.2) is 0 Å². The lowest BCUT2D eigenvalue weighted by Gasteiger charge is -2.26. The highest BCUT2D eigenvalue weighted by atomic mass is 35.5. The highest BCUT2D eigenvalue weighted by Crippen LogP contribution is 2.36. The Hall–Kier alpha value is -0.910. The average molecular weight is 339 g/mol. The highest BCUT2D eigenvalue weighted by Gasteiger charge is 2.47. The van der Waals surface area contributed by atoms with Crippen LogP contribution in [0.1, 0.15) is 18.9 Å². The number of hydrogen-bond acceptors (Lipinski definition) is 2. The largest absolute Gasteiger partial charge is 0.350 e. The second kappa shape index (κ2) is 6.46. The Bertz CT molecular complexity index is 527. The minimum absolute atomic E-state index is 0. The Morgan fingerprint density at radius 2 is 2.19 bits per heavy atom. The zero-order valence-corrected chi connectivity index (χ0v) is 13.2. The molecule has 0 radical (unpaired) electrons. The number of likely N-dealkylation sites (tertiary alicyclic amines) is 1. The third-order valence-electron chi connectivity index (χ3n) is 3.79. The van der Waals surface area contributed by atoms with Crippen LogP contribution in [0.5, 0.6) is 0 Å². The van der Waals surface area contributed by atoms with Gasteiger partial charge in [0.2, 0.25) is 0 Å². The fourth-order valence-electron chi connectivity index (χ4n) is 2.37. The standard InChI is InChI=1S/C14H17ClF2N2O.ClH/c1-13(8-18)5-6-19(9-13)12(20)14(16,17)10-3-2-4-11(15)7-10;/h2-4,7H,5-6,8-9,18H2,1H3;1H. The summed E-state index contributed by atoms with van der Waals surface area (Å²) in [5.41, 5.74) is 4.97. The molecule has 0 aromatic heterocycles. The summed E-state index contributed by atoms with van der Waals surface area (Å²) in [5, 5.41) is 0.184. The van der Waals surface area contributed by atoms with Gasteiger partial charge < -0.3 is 10.6 Å². The molecule has 118 valence electrons. The summed E-state index contributed by atoms with van der Waals surface area (Å²) in [6, 6.07) is 5.24. The van der Waals surface area contributed by atoms with Gasteiger partial charge in [-0.15, -0.1) is 12.4 Å². The molecule has 0 bridgehead atoms. The normalized spacial score (nSPS) is 22.0. The lowest BCUT2D eigenvalue weighted by atomic mass is 9.90. The number of amides is 1. The van der Waals surface area contributed by atoms with Gasteiger partial charge in [0.1, 0.15) is 0 Å². The van der Waals surface area contributed by atoms with Crippen molar-refractivity contribution in [2.24, 2.45) is 11.1 Å². The fourth-order valence-corrected chi connectivity index (χ4v) is 2.56. The monoisotopic (exact) mass is 338 g/mol. The van der Waals surface area contributed by atoms with E-state index in [-0.39, 0.29) is 35.0 Å². The Kier molecular flexibility index (Phi) is 5.58. The molecule has 1 aliphatic rings. The maximum absolute atomic E-state index is 14.3. The van der Waals surface area contributed by atoms with Crippen LogP contribution in [0.25, 0.3) is 0 Å². The predicted molar refractivity (Wildman–Crippen MR) is 81.0 cm³/mol. The van der Waals surface area contributed by atoms with Crippen molar-refractivity contribution in [2.45, 2.75) is 19.3 Å². The van der Waals surface area contributed by atoms with Crippen LogP contribution in [0.3, 0.4) is 0 Å². The SMILES string of the molecule is CC1(CN)CCN(C(=O)C(F)(F)c2cccc(Cl)c2)C1.Cl. The first-order valence-electron chi connectivity index (χ1n) is 6.42. The molecule has 1 amide bonds. The number of halogens is 4. The van der Waals surface area contributed by atoms with Crippen LogP contribution in [-0.4, -0.2) is 30.4 Å². The van der Waals surface area contributed by atoms with E-state index in [0.29, 0.717) is 19.5 Å². The molecule has 1 saturated heterocycles. The minimum Gasteiger partial charge on any atom is -0.337 e. The second-order valence-corrected chi connectivity index (χ2v) is 6.01. The van der Waals surface area contributed by atoms with Crippen molar-refractivity contribution in [3.8, 4) is 0 Å². The number of alkyl halides is 2. The van der Waals surface area contributed by atoms with E-state index in [1.54, 1.807) is 0 Å². The molecule has 2 N–H and O–H groups in total. The van der Waals surface area contributed by atoms with Crippen molar-refractivity contribution >= 4 is 29.9 Å². The first kappa shape index (κ1) is 18.1. The fraction of sp³-hybridized carbons (Fsp3) is 0.500. The topological polar surface area (TPSA) is 46.3 Å². The maximum Gasteiger partial charge on any atom is 0.350 e. The molecule has 1 fully saturated rings. The smallest absolute Gasteiger partial charge is 0.337 e. The van der Waals surface area contributed by atoms with E-state index in [1.165, 1.54) is 23.1 Å². The van der Waals surface area contributed by atoms with E-state index in [9.17, 15) is 13.6 Å². The Labute approximate surface area is 133 Å². The summed E-state index contributed by atoms with van der Waals surface area (Å²) in [7, 11) is 0. The van der Waals surface area contributed by atoms with E-state index in [4.69, 9.17) is 17.3 Å². The van der Waals surface area contributed by atoms with Crippen LogP contribution in [0, 0.1) is 5.41 Å². The molecule has 2 rings (SSSR count). The van der Waals surface area contributed by atoms with Crippen molar-refractivity contribution in [1.29, 1.82) is 0 Å². The number of carbonyl (C=O) groups is 1. The quantitative estimate of drug-likeness (QED) is 0.920. The van der Waals surface area contributed by atoms with Crippen LogP contribution in [-0.2, 0) is 10.7 Å². The van der Waals surface area contributed by atoms with Gasteiger partial charge in [0.25, 0.3) is 5.91 Å². The van der Waals surface area contributed by atoms with Gasteiger partial charge in [-0.2, -0.15) is 8.78 Å². The van der Waals surface area contributed by atoms with E-state index in [1.807, 2.05) is 6.92 Å². The summed E-state index contributed by atoms with van der Waals surface area (Å²) < 4.78 is 28.5. The maximum atomic E-state index is 14.3. The molecule has 1 aromatic rings. The van der Waals surface area contributed by atoms with Crippen molar-refractivity contribution in [2.75, 3.05) is 19.6 Å². The number of nitrogens with two attached hydrogens (primary N) is 1. The number of nitrogens with zero attached hydrogens (tertiary/aromatic N) is 1. The minimum atomic E-state index is -3.56. The Balaban J connectivity index is 0.00000220. The van der Waals surface area contributed by atoms with Crippen LogP contribution in [0.15, 0.2) is 24.3 Å². The average Bonchev–Trinajstić information content (AvgIpc) is 2.81. The first-order valence-corrected chi connectivity index (χ1v) is 6.80. The third-order valence-corrected chi connectivity index (χ3v) is 4.03. The molecule has 21 heavy (non-hydrogen) atoms. The summed E-state index contributed by atoms with van der Waals surface area (Å²) in [4.78, 5) is 13.3. The van der Waals surface area contributed by atoms with Crippen LogP contribution in [0.4, 0.5) is 8.78 Å². The first-order chi connectivity index (χ1) is 9.28.